The molecule has 2 aromatic rings. The molecule has 3 heteroatoms. The number of nitrogens with zero attached hydrogens (tertiary/aromatic N) is 2. The van der Waals surface area contributed by atoms with Gasteiger partial charge in [-0.25, -0.2) is 0 Å². The lowest BCUT2D eigenvalue weighted by molar-refractivity contribution is 0.549. The molecule has 1 aromatic heterocycles. The summed E-state index contributed by atoms with van der Waals surface area (Å²) in [5.74, 6) is 0. The van der Waals surface area contributed by atoms with E-state index in [1.807, 2.05) is 11.7 Å². The molecule has 0 saturated heterocycles. The van der Waals surface area contributed by atoms with Crippen molar-refractivity contribution in [3.63, 3.8) is 0 Å². The van der Waals surface area contributed by atoms with E-state index >= 15 is 0 Å². The van der Waals surface area contributed by atoms with Gasteiger partial charge in [-0.05, 0) is 37.1 Å². The van der Waals surface area contributed by atoms with Crippen molar-refractivity contribution in [1.82, 2.24) is 9.78 Å². The largest absolute Gasteiger partial charge is 0.381 e. The van der Waals surface area contributed by atoms with Crippen molar-refractivity contribution in [2.75, 3.05) is 5.32 Å². The smallest absolute Gasteiger partial charge is 0.0727 e. The Morgan fingerprint density at radius 2 is 1.70 bits per heavy atom. The van der Waals surface area contributed by atoms with Crippen molar-refractivity contribution >= 4 is 5.69 Å². The molecular weight excluding hydrogens is 246 g/mol. The van der Waals surface area contributed by atoms with E-state index in [4.69, 9.17) is 0 Å². The van der Waals surface area contributed by atoms with Gasteiger partial charge >= 0.3 is 0 Å². The number of aryl methyl sites for hydroxylation is 3. The van der Waals surface area contributed by atoms with Gasteiger partial charge in [0.25, 0.3) is 0 Å². The van der Waals surface area contributed by atoms with Gasteiger partial charge in [0.1, 0.15) is 0 Å². The fourth-order valence-corrected chi connectivity index (χ4v) is 2.57. The molecule has 0 aliphatic rings. The van der Waals surface area contributed by atoms with Gasteiger partial charge in [0.15, 0.2) is 0 Å². The Morgan fingerprint density at radius 3 is 2.25 bits per heavy atom. The lowest BCUT2D eigenvalue weighted by atomic mass is 9.89. The van der Waals surface area contributed by atoms with Gasteiger partial charge < -0.3 is 5.32 Å². The molecule has 0 saturated carbocycles. The number of anilines is 1. The fraction of sp³-hybridized carbons (Fsp3) is 0.471. The van der Waals surface area contributed by atoms with Gasteiger partial charge in [0.05, 0.1) is 5.69 Å². The zero-order valence-electron chi connectivity index (χ0n) is 13.4. The van der Waals surface area contributed by atoms with Crippen molar-refractivity contribution in [2.45, 2.75) is 46.6 Å². The maximum atomic E-state index is 4.61. The Balaban J connectivity index is 2.19. The molecule has 0 aliphatic heterocycles. The predicted molar refractivity (Wildman–Crippen MR) is 85.2 cm³/mol. The molecule has 1 heterocycles. The maximum absolute atomic E-state index is 4.61. The van der Waals surface area contributed by atoms with Gasteiger partial charge in [-0.15, -0.1) is 0 Å². The van der Waals surface area contributed by atoms with Crippen LogP contribution >= 0.6 is 0 Å². The molecule has 0 radical (unpaired) electrons. The van der Waals surface area contributed by atoms with Crippen LogP contribution in [0.1, 0.15) is 43.2 Å². The second-order valence-corrected chi connectivity index (χ2v) is 6.66. The molecule has 20 heavy (non-hydrogen) atoms. The minimum Gasteiger partial charge on any atom is -0.381 e. The number of aromatic nitrogens is 2. The third kappa shape index (κ3) is 3.41. The minimum atomic E-state index is 0.0702. The van der Waals surface area contributed by atoms with Crippen LogP contribution in [-0.4, -0.2) is 9.78 Å². The summed E-state index contributed by atoms with van der Waals surface area (Å²) >= 11 is 0. The third-order valence-corrected chi connectivity index (χ3v) is 3.32. The molecule has 0 fully saturated rings. The first kappa shape index (κ1) is 14.6. The summed E-state index contributed by atoms with van der Waals surface area (Å²) in [5, 5.41) is 8.12. The van der Waals surface area contributed by atoms with Gasteiger partial charge in [-0.2, -0.15) is 5.10 Å². The van der Waals surface area contributed by atoms with Crippen LogP contribution in [0.15, 0.2) is 24.4 Å². The Kier molecular flexibility index (Phi) is 3.89. The zero-order chi connectivity index (χ0) is 14.9. The van der Waals surface area contributed by atoms with Crippen LogP contribution in [-0.2, 0) is 19.0 Å². The molecule has 0 unspecified atom stereocenters. The Bertz CT molecular complexity index is 583. The van der Waals surface area contributed by atoms with E-state index in [9.17, 15) is 0 Å². The van der Waals surface area contributed by atoms with Crippen molar-refractivity contribution in [3.05, 3.63) is 46.8 Å². The third-order valence-electron chi connectivity index (χ3n) is 3.32. The lowest BCUT2D eigenvalue weighted by Crippen LogP contribution is -2.16. The van der Waals surface area contributed by atoms with Crippen LogP contribution in [0.4, 0.5) is 5.69 Å². The molecule has 108 valence electrons. The summed E-state index contributed by atoms with van der Waals surface area (Å²) in [4.78, 5) is 0. The van der Waals surface area contributed by atoms with Crippen LogP contribution in [0.2, 0.25) is 0 Å². The van der Waals surface area contributed by atoms with Crippen molar-refractivity contribution in [2.24, 2.45) is 7.05 Å². The van der Waals surface area contributed by atoms with Crippen LogP contribution in [0.25, 0.3) is 0 Å². The van der Waals surface area contributed by atoms with Crippen LogP contribution in [0.5, 0.6) is 0 Å². The summed E-state index contributed by atoms with van der Waals surface area (Å²) in [6, 6.07) is 6.55. The number of hydrogen-bond donors (Lipinski definition) is 1. The molecule has 2 rings (SSSR count). The number of benzene rings is 1. The molecule has 1 aromatic carbocycles. The van der Waals surface area contributed by atoms with E-state index in [2.05, 4.69) is 69.4 Å². The van der Waals surface area contributed by atoms with Crippen molar-refractivity contribution in [3.8, 4) is 0 Å². The van der Waals surface area contributed by atoms with Crippen molar-refractivity contribution in [1.29, 1.82) is 0 Å². The normalized spacial score (nSPS) is 11.7. The van der Waals surface area contributed by atoms with E-state index in [0.717, 1.165) is 12.2 Å². The summed E-state index contributed by atoms with van der Waals surface area (Å²) in [5.41, 5.74) is 6.24. The van der Waals surface area contributed by atoms with Crippen LogP contribution < -0.4 is 5.32 Å². The Hall–Kier alpha value is -1.77. The van der Waals surface area contributed by atoms with Gasteiger partial charge in [0.2, 0.25) is 0 Å². The van der Waals surface area contributed by atoms with E-state index in [0.29, 0.717) is 0 Å². The molecule has 0 spiro atoms. The number of nitrogens with one attached hydrogen (secondary N) is 1. The number of rotatable bonds is 3. The first-order chi connectivity index (χ1) is 9.25. The van der Waals surface area contributed by atoms with E-state index in [1.165, 1.54) is 22.4 Å². The maximum Gasteiger partial charge on any atom is 0.0727 e. The quantitative estimate of drug-likeness (QED) is 0.916. The van der Waals surface area contributed by atoms with E-state index < -0.39 is 0 Å². The fourth-order valence-electron chi connectivity index (χ4n) is 2.57. The monoisotopic (exact) mass is 271 g/mol. The SMILES string of the molecule is Cc1cc(C)cc(NCc2cn(C)nc2C(C)(C)C)c1. The molecule has 3 nitrogen and oxygen atoms in total. The first-order valence-electron chi connectivity index (χ1n) is 7.11. The van der Waals surface area contributed by atoms with E-state index in [1.54, 1.807) is 0 Å². The van der Waals surface area contributed by atoms with Gasteiger partial charge in [-0.3, -0.25) is 4.68 Å². The summed E-state index contributed by atoms with van der Waals surface area (Å²) < 4.78 is 1.90. The minimum absolute atomic E-state index is 0.0702. The summed E-state index contributed by atoms with van der Waals surface area (Å²) in [6.07, 6.45) is 2.11. The second-order valence-electron chi connectivity index (χ2n) is 6.66. The predicted octanol–water partition coefficient (Wildman–Crippen LogP) is 3.95. The zero-order valence-corrected chi connectivity index (χ0v) is 13.4. The highest BCUT2D eigenvalue weighted by Gasteiger charge is 2.21. The van der Waals surface area contributed by atoms with E-state index in [-0.39, 0.29) is 5.41 Å². The highest BCUT2D eigenvalue weighted by atomic mass is 15.3. The topological polar surface area (TPSA) is 29.9 Å². The highest BCUT2D eigenvalue weighted by Crippen LogP contribution is 2.25. The van der Waals surface area contributed by atoms with Crippen molar-refractivity contribution < 1.29 is 0 Å². The highest BCUT2D eigenvalue weighted by molar-refractivity contribution is 5.49. The molecule has 0 amide bonds. The molecule has 1 N–H and O–H groups in total. The molecule has 0 bridgehead atoms. The number of hydrogen-bond acceptors (Lipinski definition) is 2. The molecule has 0 atom stereocenters. The molecular formula is C17H25N3. The average Bonchev–Trinajstić information content (AvgIpc) is 2.66. The van der Waals surface area contributed by atoms with Crippen LogP contribution in [0.3, 0.4) is 0 Å². The average molecular weight is 271 g/mol. The van der Waals surface area contributed by atoms with Crippen LogP contribution in [0, 0.1) is 13.8 Å². The Morgan fingerprint density at radius 1 is 1.10 bits per heavy atom. The Labute approximate surface area is 122 Å². The van der Waals surface area contributed by atoms with Gasteiger partial charge in [0, 0.05) is 36.5 Å². The molecule has 0 aliphatic carbocycles. The lowest BCUT2D eigenvalue weighted by Gasteiger charge is -2.18. The second kappa shape index (κ2) is 5.31. The summed E-state index contributed by atoms with van der Waals surface area (Å²) in [6.45, 7) is 11.7. The standard InChI is InChI=1S/C17H25N3/c1-12-7-13(2)9-15(8-12)18-10-14-11-20(6)19-16(14)17(3,4)5/h7-9,11,18H,10H2,1-6H3. The first-order valence-corrected chi connectivity index (χ1v) is 7.11. The van der Waals surface area contributed by atoms with Gasteiger partial charge in [-0.1, -0.05) is 26.8 Å². The summed E-state index contributed by atoms with van der Waals surface area (Å²) in [7, 11) is 1.98.